The molecule has 0 saturated carbocycles. The van der Waals surface area contributed by atoms with E-state index in [4.69, 9.17) is 0 Å². The molecule has 114 valence electrons. The van der Waals surface area contributed by atoms with Gasteiger partial charge in [0.1, 0.15) is 0 Å². The number of H-pyrrole nitrogens is 1. The predicted octanol–water partition coefficient (Wildman–Crippen LogP) is 2.45. The van der Waals surface area contributed by atoms with Gasteiger partial charge in [-0.15, -0.1) is 0 Å². The van der Waals surface area contributed by atoms with Gasteiger partial charge in [0.25, 0.3) is 5.91 Å². The first kappa shape index (κ1) is 14.5. The third-order valence-electron chi connectivity index (χ3n) is 4.02. The lowest BCUT2D eigenvalue weighted by atomic mass is 9.97. The monoisotopic (exact) mass is 297 g/mol. The second kappa shape index (κ2) is 6.13. The van der Waals surface area contributed by atoms with Gasteiger partial charge in [-0.3, -0.25) is 14.6 Å². The molecule has 1 fully saturated rings. The number of pyridine rings is 2. The number of hydrogen-bond acceptors (Lipinski definition) is 3. The second-order valence-electron chi connectivity index (χ2n) is 5.68. The van der Waals surface area contributed by atoms with Gasteiger partial charge in [-0.2, -0.15) is 0 Å². The summed E-state index contributed by atoms with van der Waals surface area (Å²) < 4.78 is 0. The average molecular weight is 297 g/mol. The zero-order valence-corrected chi connectivity index (χ0v) is 12.6. The van der Waals surface area contributed by atoms with Crippen molar-refractivity contribution in [2.45, 2.75) is 32.2 Å². The van der Waals surface area contributed by atoms with E-state index >= 15 is 0 Å². The molecule has 2 aromatic rings. The molecule has 1 unspecified atom stereocenters. The van der Waals surface area contributed by atoms with E-state index in [1.54, 1.807) is 19.2 Å². The van der Waals surface area contributed by atoms with E-state index in [2.05, 4.69) is 9.97 Å². The molecule has 3 heterocycles. The van der Waals surface area contributed by atoms with E-state index in [0.717, 1.165) is 25.0 Å². The van der Waals surface area contributed by atoms with Crippen molar-refractivity contribution in [2.75, 3.05) is 6.54 Å². The van der Waals surface area contributed by atoms with Crippen molar-refractivity contribution >= 4 is 5.91 Å². The summed E-state index contributed by atoms with van der Waals surface area (Å²) in [5.74, 6) is -0.0930. The van der Waals surface area contributed by atoms with Crippen LogP contribution in [0.1, 0.15) is 47.1 Å². The van der Waals surface area contributed by atoms with Crippen molar-refractivity contribution in [3.63, 3.8) is 0 Å². The SMILES string of the molecule is Cc1cc(C(=O)N2CCCCC2c2ccccn2)cc(=O)[nH]1. The second-order valence-corrected chi connectivity index (χ2v) is 5.68. The lowest BCUT2D eigenvalue weighted by molar-refractivity contribution is 0.0605. The van der Waals surface area contributed by atoms with Crippen molar-refractivity contribution in [3.8, 4) is 0 Å². The van der Waals surface area contributed by atoms with Gasteiger partial charge in [0.2, 0.25) is 5.56 Å². The lowest BCUT2D eigenvalue weighted by Gasteiger charge is -2.35. The maximum absolute atomic E-state index is 12.8. The molecule has 5 heteroatoms. The standard InChI is InChI=1S/C17H19N3O2/c1-12-10-13(11-16(21)19-12)17(22)20-9-5-3-7-15(20)14-6-2-4-8-18-14/h2,4,6,8,10-11,15H,3,5,7,9H2,1H3,(H,19,21). The first-order valence-electron chi connectivity index (χ1n) is 7.58. The minimum absolute atomic E-state index is 0.0120. The number of piperidine rings is 1. The molecule has 0 radical (unpaired) electrons. The molecule has 2 aromatic heterocycles. The highest BCUT2D eigenvalue weighted by Gasteiger charge is 2.29. The fourth-order valence-corrected chi connectivity index (χ4v) is 3.03. The smallest absolute Gasteiger partial charge is 0.254 e. The van der Waals surface area contributed by atoms with Crippen LogP contribution < -0.4 is 5.56 Å². The van der Waals surface area contributed by atoms with Gasteiger partial charge in [0.05, 0.1) is 11.7 Å². The number of aryl methyl sites for hydroxylation is 1. The minimum atomic E-state index is -0.241. The molecule has 1 amide bonds. The number of nitrogens with one attached hydrogen (secondary N) is 1. The molecule has 1 N–H and O–H groups in total. The third-order valence-corrected chi connectivity index (χ3v) is 4.02. The summed E-state index contributed by atoms with van der Waals surface area (Å²) in [7, 11) is 0. The largest absolute Gasteiger partial charge is 0.330 e. The maximum Gasteiger partial charge on any atom is 0.254 e. The van der Waals surface area contributed by atoms with Crippen LogP contribution in [0.2, 0.25) is 0 Å². The van der Waals surface area contributed by atoms with Crippen LogP contribution in [0.5, 0.6) is 0 Å². The summed E-state index contributed by atoms with van der Waals surface area (Å²) in [5.41, 5.74) is 1.82. The molecule has 5 nitrogen and oxygen atoms in total. The van der Waals surface area contributed by atoms with Crippen LogP contribution >= 0.6 is 0 Å². The average Bonchev–Trinajstić information content (AvgIpc) is 2.54. The van der Waals surface area contributed by atoms with Crippen LogP contribution in [0.3, 0.4) is 0 Å². The zero-order chi connectivity index (χ0) is 15.5. The number of amides is 1. The Morgan fingerprint density at radius 3 is 2.91 bits per heavy atom. The normalized spacial score (nSPS) is 18.2. The molecule has 1 saturated heterocycles. The first-order chi connectivity index (χ1) is 10.6. The molecule has 0 aromatic carbocycles. The van der Waals surface area contributed by atoms with Gasteiger partial charge in [0, 0.05) is 30.1 Å². The quantitative estimate of drug-likeness (QED) is 0.926. The molecule has 0 bridgehead atoms. The molecular formula is C17H19N3O2. The van der Waals surface area contributed by atoms with E-state index in [0.29, 0.717) is 17.8 Å². The third kappa shape index (κ3) is 2.93. The van der Waals surface area contributed by atoms with Gasteiger partial charge in [-0.1, -0.05) is 6.07 Å². The van der Waals surface area contributed by atoms with Gasteiger partial charge < -0.3 is 9.88 Å². The van der Waals surface area contributed by atoms with Crippen LogP contribution in [0.15, 0.2) is 41.3 Å². The Bertz CT molecular complexity index is 724. The Kier molecular flexibility index (Phi) is 4.04. The first-order valence-corrected chi connectivity index (χ1v) is 7.58. The number of aromatic nitrogens is 2. The zero-order valence-electron chi connectivity index (χ0n) is 12.6. The number of carbonyl (C=O) groups excluding carboxylic acids is 1. The van der Waals surface area contributed by atoms with Crippen LogP contribution in [-0.4, -0.2) is 27.3 Å². The molecular weight excluding hydrogens is 278 g/mol. The Hall–Kier alpha value is -2.43. The number of likely N-dealkylation sites (tertiary alicyclic amines) is 1. The number of rotatable bonds is 2. The van der Waals surface area contributed by atoms with Crippen LogP contribution in [0.4, 0.5) is 0 Å². The summed E-state index contributed by atoms with van der Waals surface area (Å²) >= 11 is 0. The molecule has 1 aliphatic rings. The molecule has 1 aliphatic heterocycles. The van der Waals surface area contributed by atoms with Crippen LogP contribution in [-0.2, 0) is 0 Å². The minimum Gasteiger partial charge on any atom is -0.330 e. The molecule has 0 aliphatic carbocycles. The fraction of sp³-hybridized carbons (Fsp3) is 0.353. The van der Waals surface area contributed by atoms with Crippen molar-refractivity contribution in [1.82, 2.24) is 14.9 Å². The summed E-state index contributed by atoms with van der Waals surface area (Å²) in [5, 5.41) is 0. The topological polar surface area (TPSA) is 66.1 Å². The van der Waals surface area contributed by atoms with E-state index in [-0.39, 0.29) is 17.5 Å². The van der Waals surface area contributed by atoms with Gasteiger partial charge in [0.15, 0.2) is 0 Å². The number of aromatic amines is 1. The Morgan fingerprint density at radius 1 is 1.32 bits per heavy atom. The van der Waals surface area contributed by atoms with Gasteiger partial charge in [-0.25, -0.2) is 0 Å². The van der Waals surface area contributed by atoms with Crippen molar-refractivity contribution in [2.24, 2.45) is 0 Å². The van der Waals surface area contributed by atoms with Crippen LogP contribution in [0, 0.1) is 6.92 Å². The number of hydrogen-bond donors (Lipinski definition) is 1. The van der Waals surface area contributed by atoms with Crippen molar-refractivity contribution in [1.29, 1.82) is 0 Å². The highest BCUT2D eigenvalue weighted by atomic mass is 16.2. The molecule has 3 rings (SSSR count). The number of carbonyl (C=O) groups is 1. The fourth-order valence-electron chi connectivity index (χ4n) is 3.03. The summed E-state index contributed by atoms with van der Waals surface area (Å²) in [6.07, 6.45) is 4.73. The molecule has 22 heavy (non-hydrogen) atoms. The van der Waals surface area contributed by atoms with Crippen LogP contribution in [0.25, 0.3) is 0 Å². The van der Waals surface area contributed by atoms with E-state index < -0.39 is 0 Å². The van der Waals surface area contributed by atoms with Gasteiger partial charge in [-0.05, 0) is 44.4 Å². The Balaban J connectivity index is 1.93. The highest BCUT2D eigenvalue weighted by molar-refractivity contribution is 5.94. The van der Waals surface area contributed by atoms with Gasteiger partial charge >= 0.3 is 0 Å². The summed E-state index contributed by atoms with van der Waals surface area (Å²) in [4.78, 5) is 33.4. The van der Waals surface area contributed by atoms with E-state index in [1.807, 2.05) is 23.1 Å². The molecule has 0 spiro atoms. The van der Waals surface area contributed by atoms with Crippen molar-refractivity contribution < 1.29 is 4.79 Å². The predicted molar refractivity (Wildman–Crippen MR) is 83.7 cm³/mol. The maximum atomic E-state index is 12.8. The van der Waals surface area contributed by atoms with E-state index in [9.17, 15) is 9.59 Å². The summed E-state index contributed by atoms with van der Waals surface area (Å²) in [6.45, 7) is 2.48. The van der Waals surface area contributed by atoms with Crippen molar-refractivity contribution in [3.05, 3.63) is 63.8 Å². The summed E-state index contributed by atoms with van der Waals surface area (Å²) in [6, 6.07) is 8.87. The molecule has 1 atom stereocenters. The Morgan fingerprint density at radius 2 is 2.18 bits per heavy atom. The number of nitrogens with zero attached hydrogens (tertiary/aromatic N) is 2. The lowest BCUT2D eigenvalue weighted by Crippen LogP contribution is -2.39. The van der Waals surface area contributed by atoms with E-state index in [1.165, 1.54) is 6.07 Å². The Labute approximate surface area is 129 Å². The highest BCUT2D eigenvalue weighted by Crippen LogP contribution is 2.30.